The highest BCUT2D eigenvalue weighted by Gasteiger charge is 2.21. The first-order chi connectivity index (χ1) is 8.97. The minimum absolute atomic E-state index is 0.00982. The van der Waals surface area contributed by atoms with Gasteiger partial charge in [-0.25, -0.2) is 0 Å². The zero-order valence-electron chi connectivity index (χ0n) is 9.22. The summed E-state index contributed by atoms with van der Waals surface area (Å²) in [5.74, 6) is -0.432. The van der Waals surface area contributed by atoms with E-state index in [0.29, 0.717) is 5.69 Å². The highest BCUT2D eigenvalue weighted by molar-refractivity contribution is 9.10. The number of carbonyl (C=O) groups is 1. The summed E-state index contributed by atoms with van der Waals surface area (Å²) in [6, 6.07) is 8.19. The molecule has 0 aliphatic carbocycles. The summed E-state index contributed by atoms with van der Waals surface area (Å²) in [6.07, 6.45) is 0. The quantitative estimate of drug-likeness (QED) is 0.653. The molecule has 98 valence electrons. The third kappa shape index (κ3) is 3.31. The molecule has 1 heterocycles. The molecule has 0 spiro atoms. The molecule has 0 radical (unpaired) electrons. The van der Waals surface area contributed by atoms with Crippen molar-refractivity contribution in [2.24, 2.45) is 0 Å². The topological polar surface area (TPSA) is 72.2 Å². The fourth-order valence-electron chi connectivity index (χ4n) is 1.35. The lowest BCUT2D eigenvalue weighted by Gasteiger charge is -2.03. The number of nitrogens with zero attached hydrogens (tertiary/aromatic N) is 1. The lowest BCUT2D eigenvalue weighted by atomic mass is 10.3. The number of thiophene rings is 1. The SMILES string of the molecule is O=C(Nc1cccc(Br)c1)c1cc([N+](=O)[O-])c(Cl)s1. The van der Waals surface area contributed by atoms with E-state index in [1.807, 2.05) is 6.07 Å². The van der Waals surface area contributed by atoms with Crippen molar-refractivity contribution in [3.05, 3.63) is 54.1 Å². The summed E-state index contributed by atoms with van der Waals surface area (Å²) in [5, 5.41) is 13.3. The van der Waals surface area contributed by atoms with Crippen molar-refractivity contribution in [2.45, 2.75) is 0 Å². The second-order valence-electron chi connectivity index (χ2n) is 3.49. The number of hydrogen-bond donors (Lipinski definition) is 1. The second kappa shape index (κ2) is 5.68. The molecule has 19 heavy (non-hydrogen) atoms. The van der Waals surface area contributed by atoms with Crippen LogP contribution in [0.2, 0.25) is 4.34 Å². The van der Waals surface area contributed by atoms with E-state index in [1.165, 1.54) is 6.07 Å². The summed E-state index contributed by atoms with van der Waals surface area (Å²) >= 11 is 9.86. The zero-order valence-corrected chi connectivity index (χ0v) is 12.4. The lowest BCUT2D eigenvalue weighted by Crippen LogP contribution is -2.09. The van der Waals surface area contributed by atoms with Crippen LogP contribution >= 0.6 is 38.9 Å². The molecule has 1 aromatic carbocycles. The van der Waals surface area contributed by atoms with Crippen molar-refractivity contribution in [2.75, 3.05) is 5.32 Å². The van der Waals surface area contributed by atoms with Gasteiger partial charge in [-0.15, -0.1) is 11.3 Å². The van der Waals surface area contributed by atoms with Crippen molar-refractivity contribution < 1.29 is 9.72 Å². The zero-order chi connectivity index (χ0) is 14.0. The summed E-state index contributed by atoms with van der Waals surface area (Å²) in [7, 11) is 0. The van der Waals surface area contributed by atoms with Gasteiger partial charge in [0.05, 0.1) is 4.92 Å². The maximum Gasteiger partial charge on any atom is 0.299 e. The molecule has 8 heteroatoms. The largest absolute Gasteiger partial charge is 0.321 e. The molecule has 0 bridgehead atoms. The average molecular weight is 362 g/mol. The van der Waals surface area contributed by atoms with Crippen LogP contribution in [-0.4, -0.2) is 10.8 Å². The Hall–Kier alpha value is -1.44. The molecule has 1 N–H and O–H groups in total. The fourth-order valence-corrected chi connectivity index (χ4v) is 2.87. The highest BCUT2D eigenvalue weighted by Crippen LogP contribution is 2.34. The summed E-state index contributed by atoms with van der Waals surface area (Å²) < 4.78 is 0.810. The lowest BCUT2D eigenvalue weighted by molar-refractivity contribution is -0.384. The first-order valence-electron chi connectivity index (χ1n) is 4.98. The Morgan fingerprint density at radius 1 is 1.42 bits per heavy atom. The van der Waals surface area contributed by atoms with Crippen LogP contribution in [-0.2, 0) is 0 Å². The van der Waals surface area contributed by atoms with Gasteiger partial charge in [-0.1, -0.05) is 33.6 Å². The van der Waals surface area contributed by atoms with Crippen LogP contribution in [0.15, 0.2) is 34.8 Å². The summed E-state index contributed by atoms with van der Waals surface area (Å²) in [4.78, 5) is 22.1. The van der Waals surface area contributed by atoms with E-state index in [4.69, 9.17) is 11.6 Å². The Kier molecular flexibility index (Phi) is 4.18. The minimum Gasteiger partial charge on any atom is -0.321 e. The molecule has 1 amide bonds. The smallest absolute Gasteiger partial charge is 0.299 e. The number of anilines is 1. The number of benzene rings is 1. The Morgan fingerprint density at radius 2 is 2.16 bits per heavy atom. The molecular weight excluding hydrogens is 356 g/mol. The predicted molar refractivity (Wildman–Crippen MR) is 78.1 cm³/mol. The monoisotopic (exact) mass is 360 g/mol. The van der Waals surface area contributed by atoms with Gasteiger partial charge in [0.2, 0.25) is 0 Å². The minimum atomic E-state index is -0.616. The Morgan fingerprint density at radius 3 is 2.74 bits per heavy atom. The number of nitro groups is 1. The van der Waals surface area contributed by atoms with Crippen LogP contribution in [0.1, 0.15) is 9.67 Å². The molecule has 1 aromatic heterocycles. The van der Waals surface area contributed by atoms with Crippen LogP contribution in [0.4, 0.5) is 11.4 Å². The standard InChI is InChI=1S/C11H6BrClN2O3S/c12-6-2-1-3-7(4-6)14-11(16)9-5-8(15(17)18)10(13)19-9/h1-5H,(H,14,16). The van der Waals surface area contributed by atoms with Gasteiger partial charge in [0.25, 0.3) is 11.6 Å². The third-order valence-electron chi connectivity index (χ3n) is 2.17. The van der Waals surface area contributed by atoms with Gasteiger partial charge in [0.1, 0.15) is 4.88 Å². The van der Waals surface area contributed by atoms with Crippen LogP contribution in [0.5, 0.6) is 0 Å². The Balaban J connectivity index is 2.21. The molecule has 0 atom stereocenters. The van der Waals surface area contributed by atoms with Crippen LogP contribution < -0.4 is 5.32 Å². The summed E-state index contributed by atoms with van der Waals surface area (Å²) in [6.45, 7) is 0. The Bertz CT molecular complexity index is 659. The van der Waals surface area contributed by atoms with E-state index < -0.39 is 10.8 Å². The highest BCUT2D eigenvalue weighted by atomic mass is 79.9. The van der Waals surface area contributed by atoms with E-state index in [2.05, 4.69) is 21.2 Å². The number of carbonyl (C=O) groups excluding carboxylic acids is 1. The van der Waals surface area contributed by atoms with Gasteiger partial charge in [0, 0.05) is 16.2 Å². The van der Waals surface area contributed by atoms with Crippen LogP contribution in [0, 0.1) is 10.1 Å². The van der Waals surface area contributed by atoms with E-state index in [9.17, 15) is 14.9 Å². The van der Waals surface area contributed by atoms with Gasteiger partial charge in [-0.05, 0) is 18.2 Å². The van der Waals surface area contributed by atoms with Gasteiger partial charge in [-0.2, -0.15) is 0 Å². The van der Waals surface area contributed by atoms with E-state index in [0.717, 1.165) is 15.8 Å². The van der Waals surface area contributed by atoms with Crippen LogP contribution in [0.25, 0.3) is 0 Å². The first kappa shape index (κ1) is 14.0. The Labute approximate surface area is 125 Å². The number of rotatable bonds is 3. The molecule has 0 aliphatic heterocycles. The number of amides is 1. The second-order valence-corrected chi connectivity index (χ2v) is 6.06. The molecule has 0 saturated heterocycles. The third-order valence-corrected chi connectivity index (χ3v) is 4.00. The number of halogens is 2. The molecule has 0 fully saturated rings. The van der Waals surface area contributed by atoms with Gasteiger partial charge < -0.3 is 5.32 Å². The maximum atomic E-state index is 11.9. The summed E-state index contributed by atoms with van der Waals surface area (Å²) in [5.41, 5.74) is 0.331. The molecule has 2 aromatic rings. The van der Waals surface area contributed by atoms with Crippen molar-refractivity contribution in [1.29, 1.82) is 0 Å². The molecule has 2 rings (SSSR count). The number of nitrogens with one attached hydrogen (secondary N) is 1. The van der Waals surface area contributed by atoms with Crippen molar-refractivity contribution in [3.63, 3.8) is 0 Å². The average Bonchev–Trinajstić information content (AvgIpc) is 2.71. The van der Waals surface area contributed by atoms with E-state index in [-0.39, 0.29) is 14.9 Å². The van der Waals surface area contributed by atoms with Crippen molar-refractivity contribution in [3.8, 4) is 0 Å². The predicted octanol–water partition coefficient (Wildman–Crippen LogP) is 4.32. The molecule has 5 nitrogen and oxygen atoms in total. The van der Waals surface area contributed by atoms with E-state index >= 15 is 0 Å². The maximum absolute atomic E-state index is 11.9. The molecule has 0 unspecified atom stereocenters. The molecular formula is C11H6BrClN2O3S. The molecule has 0 aliphatic rings. The van der Waals surface area contributed by atoms with E-state index in [1.54, 1.807) is 18.2 Å². The van der Waals surface area contributed by atoms with Gasteiger partial charge >= 0.3 is 0 Å². The van der Waals surface area contributed by atoms with Crippen molar-refractivity contribution >= 4 is 56.1 Å². The van der Waals surface area contributed by atoms with Gasteiger partial charge in [0.15, 0.2) is 4.34 Å². The molecule has 0 saturated carbocycles. The van der Waals surface area contributed by atoms with Crippen LogP contribution in [0.3, 0.4) is 0 Å². The fraction of sp³-hybridized carbons (Fsp3) is 0. The number of hydrogen-bond acceptors (Lipinski definition) is 4. The first-order valence-corrected chi connectivity index (χ1v) is 6.97. The van der Waals surface area contributed by atoms with Crippen molar-refractivity contribution in [1.82, 2.24) is 0 Å². The normalized spacial score (nSPS) is 10.2. The van der Waals surface area contributed by atoms with Gasteiger partial charge in [-0.3, -0.25) is 14.9 Å².